The van der Waals surface area contributed by atoms with Gasteiger partial charge in [-0.15, -0.1) is 0 Å². The maximum atomic E-state index is 5.93. The quantitative estimate of drug-likeness (QED) is 0.768. The molecule has 0 aromatic carbocycles. The summed E-state index contributed by atoms with van der Waals surface area (Å²) in [6.45, 7) is 11.1. The van der Waals surface area contributed by atoms with Crippen LogP contribution in [0.4, 0.5) is 0 Å². The van der Waals surface area contributed by atoms with Gasteiger partial charge in [-0.3, -0.25) is 0 Å². The number of rotatable bonds is 5. The van der Waals surface area contributed by atoms with Gasteiger partial charge in [0.25, 0.3) is 0 Å². The van der Waals surface area contributed by atoms with E-state index in [2.05, 4.69) is 24.1 Å². The maximum absolute atomic E-state index is 5.93. The van der Waals surface area contributed by atoms with Gasteiger partial charge in [-0.1, -0.05) is 13.3 Å². The van der Waals surface area contributed by atoms with Crippen molar-refractivity contribution in [3.63, 3.8) is 0 Å². The maximum Gasteiger partial charge on any atom is 0.0902 e. The van der Waals surface area contributed by atoms with Gasteiger partial charge in [-0.2, -0.15) is 0 Å². The van der Waals surface area contributed by atoms with Gasteiger partial charge in [0.1, 0.15) is 0 Å². The summed E-state index contributed by atoms with van der Waals surface area (Å²) in [4.78, 5) is 2.58. The largest absolute Gasteiger partial charge is 0.371 e. The molecule has 2 heterocycles. The van der Waals surface area contributed by atoms with Gasteiger partial charge in [0.05, 0.1) is 12.2 Å². The third-order valence-corrected chi connectivity index (χ3v) is 4.04. The molecule has 0 saturated carbocycles. The van der Waals surface area contributed by atoms with Crippen molar-refractivity contribution < 1.29 is 4.74 Å². The molecule has 0 aliphatic carbocycles. The fourth-order valence-electron chi connectivity index (χ4n) is 2.69. The number of piperidine rings is 1. The lowest BCUT2D eigenvalue weighted by molar-refractivity contribution is -0.0739. The lowest BCUT2D eigenvalue weighted by Gasteiger charge is -2.40. The highest BCUT2D eigenvalue weighted by Gasteiger charge is 2.32. The number of hydrogen-bond acceptors (Lipinski definition) is 3. The normalized spacial score (nSPS) is 30.0. The van der Waals surface area contributed by atoms with Crippen molar-refractivity contribution in [2.75, 3.05) is 39.3 Å². The van der Waals surface area contributed by atoms with Crippen LogP contribution in [0.25, 0.3) is 0 Å². The van der Waals surface area contributed by atoms with Gasteiger partial charge in [0.2, 0.25) is 0 Å². The number of ether oxygens (including phenoxy) is 1. The van der Waals surface area contributed by atoms with Crippen LogP contribution in [0, 0.1) is 5.92 Å². The van der Waals surface area contributed by atoms with Crippen molar-refractivity contribution in [2.45, 2.75) is 38.7 Å². The first kappa shape index (κ1) is 12.3. The lowest BCUT2D eigenvalue weighted by atomic mass is 9.96. The van der Waals surface area contributed by atoms with Crippen molar-refractivity contribution in [2.24, 2.45) is 5.92 Å². The predicted molar refractivity (Wildman–Crippen MR) is 66.7 cm³/mol. The summed E-state index contributed by atoms with van der Waals surface area (Å²) in [5.74, 6) is 0.926. The summed E-state index contributed by atoms with van der Waals surface area (Å²) in [7, 11) is 0. The van der Waals surface area contributed by atoms with Crippen molar-refractivity contribution in [1.29, 1.82) is 0 Å². The first-order valence-corrected chi connectivity index (χ1v) is 6.79. The van der Waals surface area contributed by atoms with Gasteiger partial charge >= 0.3 is 0 Å². The smallest absolute Gasteiger partial charge is 0.0902 e. The lowest BCUT2D eigenvalue weighted by Crippen LogP contribution is -2.59. The average molecular weight is 226 g/mol. The Morgan fingerprint density at radius 1 is 1.44 bits per heavy atom. The molecule has 16 heavy (non-hydrogen) atoms. The minimum absolute atomic E-state index is 0.125. The first-order chi connectivity index (χ1) is 7.72. The zero-order valence-electron chi connectivity index (χ0n) is 10.8. The Hall–Kier alpha value is -0.120. The van der Waals surface area contributed by atoms with Crippen LogP contribution >= 0.6 is 0 Å². The fourth-order valence-corrected chi connectivity index (χ4v) is 2.69. The van der Waals surface area contributed by atoms with E-state index in [0.29, 0.717) is 0 Å². The fraction of sp³-hybridized carbons (Fsp3) is 1.00. The summed E-state index contributed by atoms with van der Waals surface area (Å²) in [6.07, 6.45) is 4.13. The Morgan fingerprint density at radius 2 is 2.25 bits per heavy atom. The highest BCUT2D eigenvalue weighted by molar-refractivity contribution is 4.90. The Kier molecular flexibility index (Phi) is 4.22. The minimum atomic E-state index is 0.125. The van der Waals surface area contributed by atoms with Crippen LogP contribution in [0.2, 0.25) is 0 Å². The van der Waals surface area contributed by atoms with Crippen LogP contribution in [0.15, 0.2) is 0 Å². The zero-order valence-corrected chi connectivity index (χ0v) is 10.8. The van der Waals surface area contributed by atoms with E-state index in [0.717, 1.165) is 32.2 Å². The molecule has 2 saturated heterocycles. The van der Waals surface area contributed by atoms with Crippen molar-refractivity contribution in [3.8, 4) is 0 Å². The third kappa shape index (κ3) is 3.19. The van der Waals surface area contributed by atoms with E-state index in [1.807, 2.05) is 0 Å². The van der Waals surface area contributed by atoms with Crippen LogP contribution in [-0.4, -0.2) is 49.8 Å². The second-order valence-electron chi connectivity index (χ2n) is 5.62. The molecule has 2 aliphatic rings. The van der Waals surface area contributed by atoms with E-state index in [1.54, 1.807) is 0 Å². The molecule has 2 aliphatic heterocycles. The zero-order chi connectivity index (χ0) is 11.4. The highest BCUT2D eigenvalue weighted by Crippen LogP contribution is 2.19. The standard InChI is InChI=1S/C13H26N2O/c1-3-12-5-4-6-15(9-12)7-8-16-13(2)10-14-11-13/h12,14H,3-11H2,1-2H3. The summed E-state index contributed by atoms with van der Waals surface area (Å²) in [5.41, 5.74) is 0.125. The van der Waals surface area contributed by atoms with E-state index in [4.69, 9.17) is 4.74 Å². The van der Waals surface area contributed by atoms with Crippen LogP contribution in [0.5, 0.6) is 0 Å². The van der Waals surface area contributed by atoms with E-state index >= 15 is 0 Å². The van der Waals surface area contributed by atoms with Gasteiger partial charge in [-0.05, 0) is 32.2 Å². The van der Waals surface area contributed by atoms with Crippen molar-refractivity contribution in [1.82, 2.24) is 10.2 Å². The second-order valence-corrected chi connectivity index (χ2v) is 5.62. The van der Waals surface area contributed by atoms with Crippen LogP contribution in [-0.2, 0) is 4.74 Å². The van der Waals surface area contributed by atoms with Gasteiger partial charge in [0.15, 0.2) is 0 Å². The Bertz CT molecular complexity index is 216. The molecule has 3 heteroatoms. The highest BCUT2D eigenvalue weighted by atomic mass is 16.5. The monoisotopic (exact) mass is 226 g/mol. The molecule has 0 spiro atoms. The van der Waals surface area contributed by atoms with E-state index < -0.39 is 0 Å². The van der Waals surface area contributed by atoms with Crippen LogP contribution in [0.3, 0.4) is 0 Å². The third-order valence-electron chi connectivity index (χ3n) is 4.04. The average Bonchev–Trinajstić information content (AvgIpc) is 2.27. The van der Waals surface area contributed by atoms with Gasteiger partial charge < -0.3 is 15.0 Å². The Morgan fingerprint density at radius 3 is 2.88 bits per heavy atom. The van der Waals surface area contributed by atoms with Crippen molar-refractivity contribution >= 4 is 0 Å². The molecule has 2 rings (SSSR count). The molecule has 0 aromatic rings. The predicted octanol–water partition coefficient (Wildman–Crippen LogP) is 1.49. The van der Waals surface area contributed by atoms with Crippen LogP contribution in [0.1, 0.15) is 33.1 Å². The first-order valence-electron chi connectivity index (χ1n) is 6.79. The second kappa shape index (κ2) is 5.48. The molecule has 1 atom stereocenters. The number of likely N-dealkylation sites (tertiary alicyclic amines) is 1. The molecule has 0 aromatic heterocycles. The molecule has 0 bridgehead atoms. The topological polar surface area (TPSA) is 24.5 Å². The molecule has 0 radical (unpaired) electrons. The number of nitrogens with one attached hydrogen (secondary N) is 1. The molecule has 1 N–H and O–H groups in total. The molecule has 3 nitrogen and oxygen atoms in total. The summed E-state index contributed by atoms with van der Waals surface area (Å²) >= 11 is 0. The van der Waals surface area contributed by atoms with E-state index in [9.17, 15) is 0 Å². The molecule has 94 valence electrons. The van der Waals surface area contributed by atoms with Crippen molar-refractivity contribution in [3.05, 3.63) is 0 Å². The summed E-state index contributed by atoms with van der Waals surface area (Å²) in [6, 6.07) is 0. The number of hydrogen-bond donors (Lipinski definition) is 1. The Balaban J connectivity index is 1.61. The van der Waals surface area contributed by atoms with Gasteiger partial charge in [0, 0.05) is 26.2 Å². The molecule has 0 amide bonds. The Labute approximate surface area is 99.5 Å². The molecule has 1 unspecified atom stereocenters. The molecule has 2 fully saturated rings. The molecular formula is C13H26N2O. The van der Waals surface area contributed by atoms with Gasteiger partial charge in [-0.25, -0.2) is 0 Å². The van der Waals surface area contributed by atoms with E-state index in [1.165, 1.54) is 32.4 Å². The summed E-state index contributed by atoms with van der Waals surface area (Å²) < 4.78 is 5.93. The SMILES string of the molecule is CCC1CCCN(CCOC2(C)CNC2)C1. The minimum Gasteiger partial charge on any atom is -0.371 e. The summed E-state index contributed by atoms with van der Waals surface area (Å²) in [5, 5.41) is 3.27. The van der Waals surface area contributed by atoms with Crippen LogP contribution < -0.4 is 5.32 Å². The molecular weight excluding hydrogens is 200 g/mol. The van der Waals surface area contributed by atoms with E-state index in [-0.39, 0.29) is 5.60 Å². The number of nitrogens with zero attached hydrogens (tertiary/aromatic N) is 1.